The third-order valence-electron chi connectivity index (χ3n) is 5.50. The summed E-state index contributed by atoms with van der Waals surface area (Å²) in [4.78, 5) is 27.4. The highest BCUT2D eigenvalue weighted by Crippen LogP contribution is 2.46. The fourth-order valence-electron chi connectivity index (χ4n) is 3.90. The summed E-state index contributed by atoms with van der Waals surface area (Å²) < 4.78 is 24.2. The lowest BCUT2D eigenvalue weighted by molar-refractivity contribution is -0.132. The summed E-state index contributed by atoms with van der Waals surface area (Å²) in [5.74, 6) is -2.94. The van der Waals surface area contributed by atoms with Crippen LogP contribution in [0.1, 0.15) is 17.2 Å². The maximum absolute atomic E-state index is 13.7. The molecule has 0 bridgehead atoms. The Balaban J connectivity index is 2.01. The normalized spacial score (nSPS) is 17.2. The molecule has 1 unspecified atom stereocenters. The Bertz CT molecular complexity index is 1320. The highest BCUT2D eigenvalue weighted by molar-refractivity contribution is 6.52. The first-order valence-electron chi connectivity index (χ1n) is 10.0. The molecule has 7 nitrogen and oxygen atoms in total. The zero-order valence-electron chi connectivity index (χ0n) is 18.1. The minimum absolute atomic E-state index is 0.0543. The van der Waals surface area contributed by atoms with E-state index in [-0.39, 0.29) is 39.1 Å². The van der Waals surface area contributed by atoms with Crippen LogP contribution in [0.5, 0.6) is 17.2 Å². The third kappa shape index (κ3) is 3.82. The lowest BCUT2D eigenvalue weighted by Gasteiger charge is -2.26. The van der Waals surface area contributed by atoms with Crippen LogP contribution in [0.15, 0.2) is 66.2 Å². The Kier molecular flexibility index (Phi) is 6.17. The molecule has 1 heterocycles. The summed E-state index contributed by atoms with van der Waals surface area (Å²) in [6.45, 7) is 0. The van der Waals surface area contributed by atoms with E-state index >= 15 is 0 Å². The molecule has 1 amide bonds. The van der Waals surface area contributed by atoms with Gasteiger partial charge < -0.3 is 19.7 Å². The number of aliphatic hydroxyl groups is 1. The summed E-state index contributed by atoms with van der Waals surface area (Å²) >= 11 is 6.16. The van der Waals surface area contributed by atoms with Crippen LogP contribution in [0.25, 0.3) is 5.76 Å². The molecule has 1 atom stereocenters. The van der Waals surface area contributed by atoms with Crippen molar-refractivity contribution >= 4 is 34.7 Å². The SMILES string of the molecule is COc1cc(/C(O)=C2\C(=O)C(=O)N(c3ccccc3O)C2c2ccc(F)cc2)c(OC)cc1Cl. The fraction of sp³-hybridized carbons (Fsp3) is 0.120. The lowest BCUT2D eigenvalue weighted by Crippen LogP contribution is -2.29. The molecule has 3 aromatic carbocycles. The number of halogens is 2. The Labute approximate surface area is 199 Å². The van der Waals surface area contributed by atoms with Gasteiger partial charge in [0.2, 0.25) is 0 Å². The molecular formula is C25H19ClFNO6. The maximum Gasteiger partial charge on any atom is 0.300 e. The smallest absolute Gasteiger partial charge is 0.300 e. The average molecular weight is 484 g/mol. The van der Waals surface area contributed by atoms with Gasteiger partial charge in [0.05, 0.1) is 42.1 Å². The third-order valence-corrected chi connectivity index (χ3v) is 5.80. The van der Waals surface area contributed by atoms with E-state index in [9.17, 15) is 24.2 Å². The number of hydrogen-bond acceptors (Lipinski definition) is 6. The first-order valence-corrected chi connectivity index (χ1v) is 10.4. The molecule has 2 N–H and O–H groups in total. The molecule has 0 spiro atoms. The minimum Gasteiger partial charge on any atom is -0.507 e. The standard InChI is InChI=1S/C25H19ClFNO6/c1-33-19-12-16(26)20(34-2)11-15(19)23(30)21-22(13-7-9-14(27)10-8-13)28(25(32)24(21)31)17-5-3-4-6-18(17)29/h3-12,22,29-30H,1-2H3/b23-21+. The second-order valence-electron chi connectivity index (χ2n) is 7.40. The first kappa shape index (κ1) is 23.1. The van der Waals surface area contributed by atoms with Crippen molar-refractivity contribution in [1.29, 1.82) is 0 Å². The molecule has 174 valence electrons. The molecule has 1 fully saturated rings. The Morgan fingerprint density at radius 1 is 1.00 bits per heavy atom. The predicted molar refractivity (Wildman–Crippen MR) is 124 cm³/mol. The molecule has 1 aliphatic rings. The Morgan fingerprint density at radius 2 is 1.65 bits per heavy atom. The van der Waals surface area contributed by atoms with Gasteiger partial charge >= 0.3 is 0 Å². The second kappa shape index (κ2) is 9.07. The number of phenolic OH excluding ortho intramolecular Hbond substituents is 1. The fourth-order valence-corrected chi connectivity index (χ4v) is 4.13. The number of aromatic hydroxyl groups is 1. The van der Waals surface area contributed by atoms with E-state index in [4.69, 9.17) is 21.1 Å². The number of carbonyl (C=O) groups is 2. The molecule has 3 aromatic rings. The summed E-state index contributed by atoms with van der Waals surface area (Å²) in [6, 6.07) is 12.7. The topological polar surface area (TPSA) is 96.3 Å². The molecule has 1 saturated heterocycles. The Morgan fingerprint density at radius 3 is 2.26 bits per heavy atom. The minimum atomic E-state index is -1.17. The van der Waals surface area contributed by atoms with Crippen molar-refractivity contribution in [3.8, 4) is 17.2 Å². The van der Waals surface area contributed by atoms with Crippen LogP contribution in [0, 0.1) is 5.82 Å². The van der Waals surface area contributed by atoms with Gasteiger partial charge in [0.15, 0.2) is 0 Å². The molecule has 1 aliphatic heterocycles. The van der Waals surface area contributed by atoms with E-state index in [0.717, 1.165) is 4.90 Å². The highest BCUT2D eigenvalue weighted by Gasteiger charge is 2.48. The average Bonchev–Trinajstić information content (AvgIpc) is 3.09. The number of phenols is 1. The van der Waals surface area contributed by atoms with Gasteiger partial charge in [0, 0.05) is 6.07 Å². The van der Waals surface area contributed by atoms with Crippen molar-refractivity contribution in [1.82, 2.24) is 0 Å². The number of ether oxygens (including phenoxy) is 2. The summed E-state index contributed by atoms with van der Waals surface area (Å²) in [5, 5.41) is 21.9. The highest BCUT2D eigenvalue weighted by atomic mass is 35.5. The largest absolute Gasteiger partial charge is 0.507 e. The van der Waals surface area contributed by atoms with E-state index in [1.54, 1.807) is 12.1 Å². The number of Topliss-reactive ketones (excluding diaryl/α,β-unsaturated/α-hetero) is 1. The van der Waals surface area contributed by atoms with Crippen molar-refractivity contribution in [3.05, 3.63) is 88.2 Å². The van der Waals surface area contributed by atoms with Crippen LogP contribution >= 0.6 is 11.6 Å². The van der Waals surface area contributed by atoms with Crippen molar-refractivity contribution < 1.29 is 33.7 Å². The number of benzene rings is 3. The van der Waals surface area contributed by atoms with Gasteiger partial charge in [-0.2, -0.15) is 0 Å². The number of amides is 1. The van der Waals surface area contributed by atoms with Crippen molar-refractivity contribution in [2.75, 3.05) is 19.1 Å². The number of carbonyl (C=O) groups excluding carboxylic acids is 2. The molecule has 0 aromatic heterocycles. The van der Waals surface area contributed by atoms with Gasteiger partial charge in [-0.05, 0) is 35.9 Å². The van der Waals surface area contributed by atoms with Crippen LogP contribution in [-0.4, -0.2) is 36.1 Å². The van der Waals surface area contributed by atoms with E-state index in [0.29, 0.717) is 5.56 Å². The zero-order valence-corrected chi connectivity index (χ0v) is 18.8. The second-order valence-corrected chi connectivity index (χ2v) is 7.80. The van der Waals surface area contributed by atoms with Gasteiger partial charge in [-0.1, -0.05) is 35.9 Å². The summed E-state index contributed by atoms with van der Waals surface area (Å²) in [5.41, 5.74) is 0.178. The van der Waals surface area contributed by atoms with E-state index in [1.165, 1.54) is 62.8 Å². The van der Waals surface area contributed by atoms with Gasteiger partial charge in [-0.3, -0.25) is 14.5 Å². The molecule has 34 heavy (non-hydrogen) atoms. The van der Waals surface area contributed by atoms with Crippen molar-refractivity contribution in [3.63, 3.8) is 0 Å². The summed E-state index contributed by atoms with van der Waals surface area (Å²) in [7, 11) is 2.74. The van der Waals surface area contributed by atoms with Gasteiger partial charge in [-0.15, -0.1) is 0 Å². The molecule has 0 aliphatic carbocycles. The molecule has 9 heteroatoms. The van der Waals surface area contributed by atoms with Gasteiger partial charge in [0.1, 0.15) is 28.8 Å². The molecule has 4 rings (SSSR count). The zero-order chi connectivity index (χ0) is 24.6. The van der Waals surface area contributed by atoms with Crippen LogP contribution in [0.4, 0.5) is 10.1 Å². The number of aliphatic hydroxyl groups excluding tert-OH is 1. The van der Waals surface area contributed by atoms with Crippen molar-refractivity contribution in [2.24, 2.45) is 0 Å². The first-order chi connectivity index (χ1) is 16.3. The number of anilines is 1. The van der Waals surface area contributed by atoms with E-state index in [1.807, 2.05) is 0 Å². The number of para-hydroxylation sites is 2. The Hall–Kier alpha value is -4.04. The summed E-state index contributed by atoms with van der Waals surface area (Å²) in [6.07, 6.45) is 0. The monoisotopic (exact) mass is 483 g/mol. The number of nitrogens with zero attached hydrogens (tertiary/aromatic N) is 1. The number of methoxy groups -OCH3 is 2. The van der Waals surface area contributed by atoms with Crippen LogP contribution in [0.2, 0.25) is 5.02 Å². The van der Waals surface area contributed by atoms with Crippen LogP contribution < -0.4 is 14.4 Å². The van der Waals surface area contributed by atoms with Crippen molar-refractivity contribution in [2.45, 2.75) is 6.04 Å². The molecule has 0 radical (unpaired) electrons. The molecule has 0 saturated carbocycles. The van der Waals surface area contributed by atoms with Crippen LogP contribution in [-0.2, 0) is 9.59 Å². The molecular weight excluding hydrogens is 465 g/mol. The maximum atomic E-state index is 13.7. The number of rotatable bonds is 5. The quantitative estimate of drug-likeness (QED) is 0.306. The predicted octanol–water partition coefficient (Wildman–Crippen LogP) is 4.83. The van der Waals surface area contributed by atoms with E-state index in [2.05, 4.69) is 0 Å². The van der Waals surface area contributed by atoms with Gasteiger partial charge in [-0.25, -0.2) is 4.39 Å². The number of ketones is 1. The number of hydrogen-bond donors (Lipinski definition) is 2. The van der Waals surface area contributed by atoms with Gasteiger partial charge in [0.25, 0.3) is 11.7 Å². The van der Waals surface area contributed by atoms with E-state index < -0.39 is 29.3 Å². The lowest BCUT2D eigenvalue weighted by atomic mass is 9.94. The van der Waals surface area contributed by atoms with Crippen LogP contribution in [0.3, 0.4) is 0 Å².